The van der Waals surface area contributed by atoms with E-state index in [-0.39, 0.29) is 11.6 Å². The summed E-state index contributed by atoms with van der Waals surface area (Å²) >= 11 is 0. The SMILES string of the molecule is COc1c(OC2CCCNC2)cccc1C1(N)CCCCC1. The van der Waals surface area contributed by atoms with Crippen molar-refractivity contribution in [3.8, 4) is 11.5 Å². The molecule has 0 radical (unpaired) electrons. The van der Waals surface area contributed by atoms with Gasteiger partial charge in [-0.15, -0.1) is 0 Å². The quantitative estimate of drug-likeness (QED) is 0.898. The summed E-state index contributed by atoms with van der Waals surface area (Å²) in [7, 11) is 1.72. The molecule has 1 atom stereocenters. The molecule has 1 heterocycles. The van der Waals surface area contributed by atoms with Gasteiger partial charge in [0.05, 0.1) is 7.11 Å². The molecule has 4 nitrogen and oxygen atoms in total. The summed E-state index contributed by atoms with van der Waals surface area (Å²) in [5, 5.41) is 3.39. The minimum absolute atomic E-state index is 0.220. The van der Waals surface area contributed by atoms with E-state index < -0.39 is 0 Å². The van der Waals surface area contributed by atoms with E-state index in [1.807, 2.05) is 12.1 Å². The van der Waals surface area contributed by atoms with Gasteiger partial charge in [0.1, 0.15) is 6.10 Å². The van der Waals surface area contributed by atoms with E-state index in [0.717, 1.165) is 55.8 Å². The number of piperidine rings is 1. The summed E-state index contributed by atoms with van der Waals surface area (Å²) in [5.41, 5.74) is 7.55. The van der Waals surface area contributed by atoms with Crippen LogP contribution in [0.1, 0.15) is 50.5 Å². The zero-order chi connectivity index (χ0) is 15.4. The average molecular weight is 304 g/mol. The normalized spacial score (nSPS) is 24.7. The van der Waals surface area contributed by atoms with Crippen molar-refractivity contribution in [2.45, 2.75) is 56.6 Å². The van der Waals surface area contributed by atoms with Crippen molar-refractivity contribution in [3.63, 3.8) is 0 Å². The second kappa shape index (κ2) is 6.88. The van der Waals surface area contributed by atoms with Gasteiger partial charge in [-0.2, -0.15) is 0 Å². The lowest BCUT2D eigenvalue weighted by Gasteiger charge is -2.35. The topological polar surface area (TPSA) is 56.5 Å². The fourth-order valence-electron chi connectivity index (χ4n) is 3.76. The molecule has 4 heteroatoms. The predicted molar refractivity (Wildman–Crippen MR) is 88.5 cm³/mol. The van der Waals surface area contributed by atoms with E-state index >= 15 is 0 Å². The molecule has 1 saturated carbocycles. The average Bonchev–Trinajstić information content (AvgIpc) is 2.56. The lowest BCUT2D eigenvalue weighted by atomic mass is 9.77. The number of hydrogen-bond acceptors (Lipinski definition) is 4. The number of para-hydroxylation sites is 1. The maximum atomic E-state index is 6.71. The predicted octanol–water partition coefficient (Wildman–Crippen LogP) is 2.94. The fourth-order valence-corrected chi connectivity index (χ4v) is 3.76. The van der Waals surface area contributed by atoms with Crippen LogP contribution < -0.4 is 20.5 Å². The van der Waals surface area contributed by atoms with Crippen LogP contribution in [0.25, 0.3) is 0 Å². The molecule has 2 aliphatic rings. The van der Waals surface area contributed by atoms with Gasteiger partial charge >= 0.3 is 0 Å². The molecular formula is C18H28N2O2. The van der Waals surface area contributed by atoms with E-state index in [9.17, 15) is 0 Å². The van der Waals surface area contributed by atoms with Gasteiger partial charge in [-0.05, 0) is 38.3 Å². The molecular weight excluding hydrogens is 276 g/mol. The first-order valence-corrected chi connectivity index (χ1v) is 8.57. The molecule has 2 fully saturated rings. The molecule has 122 valence electrons. The van der Waals surface area contributed by atoms with Crippen LogP contribution in [0.5, 0.6) is 11.5 Å². The molecule has 3 rings (SSSR count). The van der Waals surface area contributed by atoms with Gasteiger partial charge in [0.15, 0.2) is 11.5 Å². The number of nitrogens with one attached hydrogen (secondary N) is 1. The molecule has 1 aromatic rings. The molecule has 1 unspecified atom stereocenters. The zero-order valence-electron chi connectivity index (χ0n) is 13.6. The van der Waals surface area contributed by atoms with E-state index in [0.29, 0.717) is 0 Å². The third-order valence-corrected chi connectivity index (χ3v) is 5.01. The number of rotatable bonds is 4. The van der Waals surface area contributed by atoms with Gasteiger partial charge in [-0.1, -0.05) is 31.4 Å². The fraction of sp³-hybridized carbons (Fsp3) is 0.667. The van der Waals surface area contributed by atoms with E-state index in [2.05, 4.69) is 11.4 Å². The molecule has 0 aromatic heterocycles. The van der Waals surface area contributed by atoms with Crippen molar-refractivity contribution >= 4 is 0 Å². The van der Waals surface area contributed by atoms with Crippen LogP contribution in [-0.2, 0) is 5.54 Å². The first kappa shape index (κ1) is 15.6. The highest BCUT2D eigenvalue weighted by Crippen LogP contribution is 2.43. The summed E-state index contributed by atoms with van der Waals surface area (Å²) < 4.78 is 11.9. The zero-order valence-corrected chi connectivity index (χ0v) is 13.6. The second-order valence-corrected chi connectivity index (χ2v) is 6.64. The van der Waals surface area contributed by atoms with Crippen molar-refractivity contribution < 1.29 is 9.47 Å². The monoisotopic (exact) mass is 304 g/mol. The Morgan fingerprint density at radius 1 is 1.18 bits per heavy atom. The second-order valence-electron chi connectivity index (χ2n) is 6.64. The molecule has 1 aliphatic carbocycles. The Morgan fingerprint density at radius 3 is 2.68 bits per heavy atom. The van der Waals surface area contributed by atoms with Crippen LogP contribution in [0.3, 0.4) is 0 Å². The van der Waals surface area contributed by atoms with Crippen LogP contribution >= 0.6 is 0 Å². The number of methoxy groups -OCH3 is 1. The molecule has 1 aromatic carbocycles. The van der Waals surface area contributed by atoms with Gasteiger partial charge in [0, 0.05) is 17.6 Å². The highest BCUT2D eigenvalue weighted by Gasteiger charge is 2.33. The van der Waals surface area contributed by atoms with Crippen LogP contribution in [0, 0.1) is 0 Å². The number of ether oxygens (including phenoxy) is 2. The third-order valence-electron chi connectivity index (χ3n) is 5.01. The lowest BCUT2D eigenvalue weighted by molar-refractivity contribution is 0.159. The third kappa shape index (κ3) is 3.23. The first-order valence-electron chi connectivity index (χ1n) is 8.57. The standard InChI is InChI=1S/C18H28N2O2/c1-21-17-15(18(19)10-3-2-4-11-18)8-5-9-16(17)22-14-7-6-12-20-13-14/h5,8-9,14,20H,2-4,6-7,10-13,19H2,1H3. The Morgan fingerprint density at radius 2 is 2.00 bits per heavy atom. The summed E-state index contributed by atoms with van der Waals surface area (Å²) in [5.74, 6) is 1.67. The summed E-state index contributed by atoms with van der Waals surface area (Å²) in [6.07, 6.45) is 8.19. The van der Waals surface area contributed by atoms with Crippen molar-refractivity contribution in [2.24, 2.45) is 5.73 Å². The Bertz CT molecular complexity index is 492. The minimum Gasteiger partial charge on any atom is -0.493 e. The minimum atomic E-state index is -0.270. The Kier molecular flexibility index (Phi) is 4.89. The van der Waals surface area contributed by atoms with Gasteiger partial charge in [-0.3, -0.25) is 0 Å². The number of nitrogens with two attached hydrogens (primary N) is 1. The molecule has 0 bridgehead atoms. The largest absolute Gasteiger partial charge is 0.493 e. The molecule has 1 aliphatic heterocycles. The van der Waals surface area contributed by atoms with E-state index in [1.54, 1.807) is 7.11 Å². The highest BCUT2D eigenvalue weighted by molar-refractivity contribution is 5.50. The molecule has 1 saturated heterocycles. The molecule has 0 spiro atoms. The lowest BCUT2D eigenvalue weighted by Crippen LogP contribution is -2.39. The molecule has 3 N–H and O–H groups in total. The van der Waals surface area contributed by atoms with E-state index in [4.69, 9.17) is 15.2 Å². The van der Waals surface area contributed by atoms with Crippen LogP contribution in [0.2, 0.25) is 0 Å². The molecule has 22 heavy (non-hydrogen) atoms. The van der Waals surface area contributed by atoms with Crippen LogP contribution in [-0.4, -0.2) is 26.3 Å². The van der Waals surface area contributed by atoms with Crippen LogP contribution in [0.15, 0.2) is 18.2 Å². The summed E-state index contributed by atoms with van der Waals surface area (Å²) in [4.78, 5) is 0. The maximum Gasteiger partial charge on any atom is 0.165 e. The number of hydrogen-bond donors (Lipinski definition) is 2. The maximum absolute atomic E-state index is 6.71. The Balaban J connectivity index is 1.86. The van der Waals surface area contributed by atoms with Crippen molar-refractivity contribution in [1.82, 2.24) is 5.32 Å². The Hall–Kier alpha value is -1.26. The highest BCUT2D eigenvalue weighted by atomic mass is 16.5. The van der Waals surface area contributed by atoms with Gasteiger partial charge < -0.3 is 20.5 Å². The van der Waals surface area contributed by atoms with E-state index in [1.165, 1.54) is 19.3 Å². The van der Waals surface area contributed by atoms with Crippen molar-refractivity contribution in [3.05, 3.63) is 23.8 Å². The first-order chi connectivity index (χ1) is 10.7. The van der Waals surface area contributed by atoms with Crippen molar-refractivity contribution in [2.75, 3.05) is 20.2 Å². The summed E-state index contributed by atoms with van der Waals surface area (Å²) in [6.45, 7) is 1.99. The van der Waals surface area contributed by atoms with Crippen molar-refractivity contribution in [1.29, 1.82) is 0 Å². The molecule has 0 amide bonds. The van der Waals surface area contributed by atoms with Gasteiger partial charge in [0.2, 0.25) is 0 Å². The van der Waals surface area contributed by atoms with Gasteiger partial charge in [-0.25, -0.2) is 0 Å². The smallest absolute Gasteiger partial charge is 0.165 e. The summed E-state index contributed by atoms with van der Waals surface area (Å²) in [6, 6.07) is 6.16. The van der Waals surface area contributed by atoms with Crippen LogP contribution in [0.4, 0.5) is 0 Å². The number of benzene rings is 1. The Labute approximate surface area is 133 Å². The van der Waals surface area contributed by atoms with Gasteiger partial charge in [0.25, 0.3) is 0 Å².